The van der Waals surface area contributed by atoms with Crippen LogP contribution in [0.2, 0.25) is 0 Å². The van der Waals surface area contributed by atoms with Crippen molar-refractivity contribution in [2.24, 2.45) is 0 Å². The Morgan fingerprint density at radius 1 is 0.912 bits per heavy atom. The van der Waals surface area contributed by atoms with Gasteiger partial charge in [-0.1, -0.05) is 31.2 Å². The van der Waals surface area contributed by atoms with Crippen molar-refractivity contribution in [2.45, 2.75) is 20.3 Å². The van der Waals surface area contributed by atoms with Crippen molar-refractivity contribution in [2.75, 3.05) is 43.0 Å². The smallest absolute Gasteiger partial charge is 0.260 e. The highest BCUT2D eigenvalue weighted by atomic mass is 16.5. The molecular weight excluding hydrogens is 430 g/mol. The summed E-state index contributed by atoms with van der Waals surface area (Å²) in [4.78, 5) is 27.6. The second-order valence-corrected chi connectivity index (χ2v) is 8.19. The van der Waals surface area contributed by atoms with Gasteiger partial charge in [-0.05, 0) is 48.4 Å². The van der Waals surface area contributed by atoms with Crippen molar-refractivity contribution in [3.63, 3.8) is 0 Å². The molecule has 0 bridgehead atoms. The van der Waals surface area contributed by atoms with E-state index in [2.05, 4.69) is 51.6 Å². The van der Waals surface area contributed by atoms with E-state index in [1.807, 2.05) is 12.1 Å². The highest BCUT2D eigenvalue weighted by Gasteiger charge is 2.22. The second-order valence-electron chi connectivity index (χ2n) is 8.19. The first-order chi connectivity index (χ1) is 16.5. The van der Waals surface area contributed by atoms with Gasteiger partial charge in [0.05, 0.1) is 5.69 Å². The number of aryl methyl sites for hydroxylation is 1. The molecule has 1 N–H and O–H groups in total. The molecule has 34 heavy (non-hydrogen) atoms. The molecule has 2 aromatic carbocycles. The van der Waals surface area contributed by atoms with Crippen LogP contribution in [0.1, 0.15) is 19.4 Å². The number of ether oxygens (including phenoxy) is 1. The van der Waals surface area contributed by atoms with E-state index in [9.17, 15) is 9.59 Å². The summed E-state index contributed by atoms with van der Waals surface area (Å²) in [6.45, 7) is 6.16. The van der Waals surface area contributed by atoms with Gasteiger partial charge in [-0.3, -0.25) is 9.59 Å². The van der Waals surface area contributed by atoms with Crippen molar-refractivity contribution in [1.29, 1.82) is 0 Å². The van der Waals surface area contributed by atoms with E-state index < -0.39 is 0 Å². The van der Waals surface area contributed by atoms with Gasteiger partial charge in [-0.15, -0.1) is 10.2 Å². The van der Waals surface area contributed by atoms with E-state index in [-0.39, 0.29) is 18.4 Å². The van der Waals surface area contributed by atoms with E-state index in [1.54, 1.807) is 29.2 Å². The Labute approximate surface area is 199 Å². The third-order valence-electron chi connectivity index (χ3n) is 5.80. The van der Waals surface area contributed by atoms with Crippen molar-refractivity contribution in [3.05, 3.63) is 66.2 Å². The topological polar surface area (TPSA) is 87.7 Å². The Balaban J connectivity index is 1.25. The molecule has 0 unspecified atom stereocenters. The number of carbonyl (C=O) groups is 2. The van der Waals surface area contributed by atoms with Crippen molar-refractivity contribution in [3.8, 4) is 17.0 Å². The minimum Gasteiger partial charge on any atom is -0.484 e. The number of carbonyl (C=O) groups excluding carboxylic acids is 2. The van der Waals surface area contributed by atoms with Crippen LogP contribution in [-0.2, 0) is 16.0 Å². The van der Waals surface area contributed by atoms with E-state index in [1.165, 1.54) is 12.5 Å². The molecule has 2 amide bonds. The molecule has 0 saturated carbocycles. The number of anilines is 2. The quantitative estimate of drug-likeness (QED) is 0.583. The molecule has 0 atom stereocenters. The maximum Gasteiger partial charge on any atom is 0.260 e. The summed E-state index contributed by atoms with van der Waals surface area (Å²) < 4.78 is 5.62. The molecule has 176 valence electrons. The second kappa shape index (κ2) is 10.8. The molecule has 8 heteroatoms. The van der Waals surface area contributed by atoms with Gasteiger partial charge >= 0.3 is 0 Å². The SMILES string of the molecule is CCc1ccc(-c2ccc(N3CCN(C(=O)COc4ccc(NC(C)=O)cc4)CC3)nn2)cc1. The molecule has 1 aromatic heterocycles. The van der Waals surface area contributed by atoms with Crippen LogP contribution in [0.25, 0.3) is 11.3 Å². The Morgan fingerprint density at radius 2 is 1.62 bits per heavy atom. The standard InChI is InChI=1S/C26H29N5O3/c1-3-20-4-6-21(7-5-20)24-12-13-25(29-28-24)30-14-16-31(17-15-30)26(33)18-34-23-10-8-22(9-11-23)27-19(2)32/h4-13H,3,14-18H2,1-2H3,(H,27,32). The molecule has 8 nitrogen and oxygen atoms in total. The summed E-state index contributed by atoms with van der Waals surface area (Å²) in [5.41, 5.74) is 3.89. The lowest BCUT2D eigenvalue weighted by Gasteiger charge is -2.35. The molecule has 0 radical (unpaired) electrons. The summed E-state index contributed by atoms with van der Waals surface area (Å²) in [5, 5.41) is 11.5. The summed E-state index contributed by atoms with van der Waals surface area (Å²) in [7, 11) is 0. The van der Waals surface area contributed by atoms with Gasteiger partial charge < -0.3 is 19.9 Å². The molecule has 0 spiro atoms. The Bertz CT molecular complexity index is 1110. The third-order valence-corrected chi connectivity index (χ3v) is 5.80. The lowest BCUT2D eigenvalue weighted by molar-refractivity contribution is -0.133. The number of nitrogens with one attached hydrogen (secondary N) is 1. The zero-order valence-electron chi connectivity index (χ0n) is 19.5. The third kappa shape index (κ3) is 5.89. The fourth-order valence-corrected chi connectivity index (χ4v) is 3.82. The lowest BCUT2D eigenvalue weighted by Crippen LogP contribution is -2.50. The molecule has 0 aliphatic carbocycles. The highest BCUT2D eigenvalue weighted by molar-refractivity contribution is 5.88. The van der Waals surface area contributed by atoms with Crippen LogP contribution in [0.4, 0.5) is 11.5 Å². The van der Waals surface area contributed by atoms with E-state index in [0.29, 0.717) is 37.6 Å². The largest absolute Gasteiger partial charge is 0.484 e. The summed E-state index contributed by atoms with van der Waals surface area (Å²) in [5.74, 6) is 1.21. The minimum absolute atomic E-state index is 0.0230. The fraction of sp³-hybridized carbons (Fsp3) is 0.308. The first-order valence-corrected chi connectivity index (χ1v) is 11.5. The first kappa shape index (κ1) is 23.2. The van der Waals surface area contributed by atoms with Gasteiger partial charge in [0.25, 0.3) is 5.91 Å². The van der Waals surface area contributed by atoms with Crippen LogP contribution in [0.3, 0.4) is 0 Å². The highest BCUT2D eigenvalue weighted by Crippen LogP contribution is 2.20. The number of rotatable bonds is 7. The monoisotopic (exact) mass is 459 g/mol. The van der Waals surface area contributed by atoms with Gasteiger partial charge in [-0.2, -0.15) is 0 Å². The number of hydrogen-bond donors (Lipinski definition) is 1. The van der Waals surface area contributed by atoms with Gasteiger partial charge in [-0.25, -0.2) is 0 Å². The molecular formula is C26H29N5O3. The number of aromatic nitrogens is 2. The van der Waals surface area contributed by atoms with Crippen LogP contribution in [0, 0.1) is 0 Å². The number of hydrogen-bond acceptors (Lipinski definition) is 6. The van der Waals surface area contributed by atoms with Crippen molar-refractivity contribution >= 4 is 23.3 Å². The van der Waals surface area contributed by atoms with Crippen LogP contribution in [0.5, 0.6) is 5.75 Å². The Morgan fingerprint density at radius 3 is 2.21 bits per heavy atom. The average Bonchev–Trinajstić information content (AvgIpc) is 2.88. The lowest BCUT2D eigenvalue weighted by atomic mass is 10.1. The normalized spacial score (nSPS) is 13.5. The Hall–Kier alpha value is -3.94. The molecule has 1 saturated heterocycles. The van der Waals surface area contributed by atoms with Gasteiger partial charge in [0.15, 0.2) is 12.4 Å². The Kier molecular flexibility index (Phi) is 7.37. The van der Waals surface area contributed by atoms with Crippen molar-refractivity contribution < 1.29 is 14.3 Å². The average molecular weight is 460 g/mol. The predicted octanol–water partition coefficient (Wildman–Crippen LogP) is 3.39. The molecule has 1 aliphatic rings. The fourth-order valence-electron chi connectivity index (χ4n) is 3.82. The van der Waals surface area contributed by atoms with Crippen LogP contribution >= 0.6 is 0 Å². The van der Waals surface area contributed by atoms with Crippen LogP contribution < -0.4 is 15.0 Å². The maximum atomic E-state index is 12.6. The molecule has 4 rings (SSSR count). The summed E-state index contributed by atoms with van der Waals surface area (Å²) in [6, 6.07) is 19.3. The molecule has 2 heterocycles. The van der Waals surface area contributed by atoms with Gasteiger partial charge in [0, 0.05) is 44.4 Å². The minimum atomic E-state index is -0.133. The molecule has 1 fully saturated rings. The molecule has 1 aliphatic heterocycles. The van der Waals surface area contributed by atoms with E-state index >= 15 is 0 Å². The maximum absolute atomic E-state index is 12.6. The van der Waals surface area contributed by atoms with E-state index in [0.717, 1.165) is 23.5 Å². The zero-order valence-corrected chi connectivity index (χ0v) is 19.5. The summed E-state index contributed by atoms with van der Waals surface area (Å²) >= 11 is 0. The van der Waals surface area contributed by atoms with Crippen molar-refractivity contribution in [1.82, 2.24) is 15.1 Å². The first-order valence-electron chi connectivity index (χ1n) is 11.5. The predicted molar refractivity (Wildman–Crippen MR) is 132 cm³/mol. The van der Waals surface area contributed by atoms with Gasteiger partial charge in [0.2, 0.25) is 5.91 Å². The number of benzene rings is 2. The van der Waals surface area contributed by atoms with Crippen LogP contribution in [0.15, 0.2) is 60.7 Å². The zero-order chi connectivity index (χ0) is 23.9. The van der Waals surface area contributed by atoms with Gasteiger partial charge in [0.1, 0.15) is 5.75 Å². The van der Waals surface area contributed by atoms with E-state index in [4.69, 9.17) is 4.74 Å². The van der Waals surface area contributed by atoms with Crippen LogP contribution in [-0.4, -0.2) is 59.7 Å². The molecule has 3 aromatic rings. The summed E-state index contributed by atoms with van der Waals surface area (Å²) in [6.07, 6.45) is 1.01. The number of piperazine rings is 1. The number of nitrogens with zero attached hydrogens (tertiary/aromatic N) is 4. The number of amides is 2.